The van der Waals surface area contributed by atoms with Gasteiger partial charge in [0.1, 0.15) is 12.7 Å². The molecule has 0 aliphatic carbocycles. The molecule has 3 aromatic rings. The van der Waals surface area contributed by atoms with Gasteiger partial charge in [-0.2, -0.15) is 5.10 Å². The number of aromatic nitrogens is 3. The lowest BCUT2D eigenvalue weighted by atomic mass is 10.1. The van der Waals surface area contributed by atoms with Crippen molar-refractivity contribution in [1.82, 2.24) is 14.8 Å². The highest BCUT2D eigenvalue weighted by atomic mass is 16.4. The van der Waals surface area contributed by atoms with Gasteiger partial charge in [0.25, 0.3) is 0 Å². The molecular weight excluding hydrogens is 294 g/mol. The van der Waals surface area contributed by atoms with E-state index >= 15 is 0 Å². The van der Waals surface area contributed by atoms with Gasteiger partial charge in [0.2, 0.25) is 0 Å². The van der Waals surface area contributed by atoms with Crippen LogP contribution in [-0.2, 0) is 6.54 Å². The number of carbonyl (C=O) groups is 1. The average molecular weight is 309 g/mol. The Labute approximate surface area is 132 Å². The van der Waals surface area contributed by atoms with Gasteiger partial charge in [-0.3, -0.25) is 0 Å². The van der Waals surface area contributed by atoms with Gasteiger partial charge in [-0.15, -0.1) is 0 Å². The molecule has 0 saturated heterocycles. The zero-order chi connectivity index (χ0) is 16.2. The molecule has 0 saturated carbocycles. The lowest BCUT2D eigenvalue weighted by Gasteiger charge is -2.11. The van der Waals surface area contributed by atoms with Crippen LogP contribution in [0.2, 0.25) is 0 Å². The fraction of sp³-hybridized carbons (Fsp3) is 0.0625. The van der Waals surface area contributed by atoms with Gasteiger partial charge in [0, 0.05) is 11.4 Å². The molecule has 0 aliphatic heterocycles. The number of hydrogen-bond acceptors (Lipinski definition) is 5. The minimum absolute atomic E-state index is 0.136. The van der Waals surface area contributed by atoms with Crippen molar-refractivity contribution in [2.24, 2.45) is 0 Å². The number of hydrogen-bond donors (Lipinski definition) is 3. The number of anilines is 3. The molecule has 4 N–H and O–H groups in total. The van der Waals surface area contributed by atoms with Crippen molar-refractivity contribution in [3.05, 3.63) is 66.2 Å². The number of nitrogens with one attached hydrogen (secondary N) is 1. The first-order valence-corrected chi connectivity index (χ1v) is 6.93. The van der Waals surface area contributed by atoms with E-state index in [1.165, 1.54) is 12.4 Å². The molecule has 0 atom stereocenters. The lowest BCUT2D eigenvalue weighted by molar-refractivity contribution is 0.0698. The monoisotopic (exact) mass is 309 g/mol. The minimum Gasteiger partial charge on any atom is -0.478 e. The molecule has 0 spiro atoms. The van der Waals surface area contributed by atoms with Crippen LogP contribution < -0.4 is 11.1 Å². The zero-order valence-corrected chi connectivity index (χ0v) is 12.2. The van der Waals surface area contributed by atoms with Gasteiger partial charge in [0.05, 0.1) is 17.8 Å². The topological polar surface area (TPSA) is 106 Å². The normalized spacial score (nSPS) is 10.4. The maximum absolute atomic E-state index is 11.3. The van der Waals surface area contributed by atoms with E-state index in [-0.39, 0.29) is 5.56 Å². The summed E-state index contributed by atoms with van der Waals surface area (Å²) in [5.41, 5.74) is 8.54. The fourth-order valence-corrected chi connectivity index (χ4v) is 2.20. The summed E-state index contributed by atoms with van der Waals surface area (Å²) in [5.74, 6) is -1.03. The molecular formula is C16H15N5O2. The first-order chi connectivity index (χ1) is 11.1. The minimum atomic E-state index is -1.03. The third-order valence-corrected chi connectivity index (χ3v) is 3.32. The van der Waals surface area contributed by atoms with Crippen LogP contribution >= 0.6 is 0 Å². The van der Waals surface area contributed by atoms with Crippen molar-refractivity contribution < 1.29 is 9.90 Å². The third-order valence-electron chi connectivity index (χ3n) is 3.32. The molecule has 116 valence electrons. The van der Waals surface area contributed by atoms with Gasteiger partial charge in [-0.05, 0) is 35.9 Å². The summed E-state index contributed by atoms with van der Waals surface area (Å²) in [5, 5.41) is 16.4. The standard InChI is InChI=1S/C16H15N5O2/c17-12-3-6-15(14(7-12)16(22)23)20-13-4-1-11(2-5-13)8-21-10-18-9-19-21/h1-7,9-10,20H,8,17H2,(H,22,23). The van der Waals surface area contributed by atoms with Crippen molar-refractivity contribution in [1.29, 1.82) is 0 Å². The molecule has 1 aromatic heterocycles. The van der Waals surface area contributed by atoms with Crippen LogP contribution in [0.4, 0.5) is 17.1 Å². The predicted molar refractivity (Wildman–Crippen MR) is 86.7 cm³/mol. The van der Waals surface area contributed by atoms with Gasteiger partial charge in [-0.1, -0.05) is 12.1 Å². The predicted octanol–water partition coefficient (Wildman–Crippen LogP) is 2.35. The molecule has 0 bridgehead atoms. The van der Waals surface area contributed by atoms with Crippen molar-refractivity contribution >= 4 is 23.0 Å². The molecule has 0 fully saturated rings. The van der Waals surface area contributed by atoms with Crippen LogP contribution in [0.25, 0.3) is 0 Å². The Morgan fingerprint density at radius 3 is 2.65 bits per heavy atom. The van der Waals surface area contributed by atoms with E-state index < -0.39 is 5.97 Å². The van der Waals surface area contributed by atoms with Crippen LogP contribution in [0.3, 0.4) is 0 Å². The summed E-state index contributed by atoms with van der Waals surface area (Å²) >= 11 is 0. The number of nitrogen functional groups attached to an aromatic ring is 1. The summed E-state index contributed by atoms with van der Waals surface area (Å²) in [7, 11) is 0. The maximum atomic E-state index is 11.3. The van der Waals surface area contributed by atoms with Gasteiger partial charge >= 0.3 is 5.97 Å². The molecule has 0 unspecified atom stereocenters. The Balaban J connectivity index is 1.77. The second-order valence-electron chi connectivity index (χ2n) is 5.03. The molecule has 23 heavy (non-hydrogen) atoms. The molecule has 0 radical (unpaired) electrons. The molecule has 3 rings (SSSR count). The highest BCUT2D eigenvalue weighted by Crippen LogP contribution is 2.23. The van der Waals surface area contributed by atoms with E-state index in [1.807, 2.05) is 24.3 Å². The van der Waals surface area contributed by atoms with E-state index in [1.54, 1.807) is 23.1 Å². The second kappa shape index (κ2) is 6.18. The van der Waals surface area contributed by atoms with Crippen molar-refractivity contribution in [2.75, 3.05) is 11.1 Å². The van der Waals surface area contributed by atoms with Crippen LogP contribution in [-0.4, -0.2) is 25.8 Å². The first kappa shape index (κ1) is 14.6. The Bertz CT molecular complexity index is 813. The number of rotatable bonds is 5. The molecule has 0 aliphatic rings. The highest BCUT2D eigenvalue weighted by molar-refractivity contribution is 5.96. The molecule has 0 amide bonds. The highest BCUT2D eigenvalue weighted by Gasteiger charge is 2.10. The Morgan fingerprint density at radius 2 is 2.00 bits per heavy atom. The lowest BCUT2D eigenvalue weighted by Crippen LogP contribution is -2.04. The van der Waals surface area contributed by atoms with E-state index in [2.05, 4.69) is 15.4 Å². The van der Waals surface area contributed by atoms with Gasteiger partial charge < -0.3 is 16.2 Å². The van der Waals surface area contributed by atoms with Crippen LogP contribution in [0, 0.1) is 0 Å². The molecule has 2 aromatic carbocycles. The Morgan fingerprint density at radius 1 is 1.22 bits per heavy atom. The summed E-state index contributed by atoms with van der Waals surface area (Å²) in [6.07, 6.45) is 3.14. The number of carboxylic acid groups (broad SMARTS) is 1. The first-order valence-electron chi connectivity index (χ1n) is 6.93. The number of nitrogens with two attached hydrogens (primary N) is 1. The zero-order valence-electron chi connectivity index (χ0n) is 12.2. The van der Waals surface area contributed by atoms with E-state index in [0.717, 1.165) is 11.3 Å². The van der Waals surface area contributed by atoms with Crippen LogP contribution in [0.5, 0.6) is 0 Å². The Hall–Kier alpha value is -3.35. The largest absolute Gasteiger partial charge is 0.478 e. The van der Waals surface area contributed by atoms with Crippen LogP contribution in [0.1, 0.15) is 15.9 Å². The molecule has 7 nitrogen and oxygen atoms in total. The Kier molecular flexibility index (Phi) is 3.92. The SMILES string of the molecule is Nc1ccc(Nc2ccc(Cn3cncn3)cc2)c(C(=O)O)c1. The van der Waals surface area contributed by atoms with Crippen molar-refractivity contribution in [3.8, 4) is 0 Å². The van der Waals surface area contributed by atoms with Gasteiger partial charge in [-0.25, -0.2) is 14.5 Å². The van der Waals surface area contributed by atoms with Crippen molar-refractivity contribution in [2.45, 2.75) is 6.54 Å². The molecule has 1 heterocycles. The fourth-order valence-electron chi connectivity index (χ4n) is 2.20. The average Bonchev–Trinajstić information content (AvgIpc) is 3.04. The number of benzene rings is 2. The summed E-state index contributed by atoms with van der Waals surface area (Å²) in [6, 6.07) is 12.4. The van der Waals surface area contributed by atoms with E-state index in [4.69, 9.17) is 5.73 Å². The smallest absolute Gasteiger partial charge is 0.337 e. The van der Waals surface area contributed by atoms with E-state index in [0.29, 0.717) is 17.9 Å². The number of nitrogens with zero attached hydrogens (tertiary/aromatic N) is 3. The number of carboxylic acids is 1. The summed E-state index contributed by atoms with van der Waals surface area (Å²) < 4.78 is 1.73. The van der Waals surface area contributed by atoms with Crippen molar-refractivity contribution in [3.63, 3.8) is 0 Å². The molecule has 7 heteroatoms. The summed E-state index contributed by atoms with van der Waals surface area (Å²) in [6.45, 7) is 0.628. The third kappa shape index (κ3) is 3.46. The van der Waals surface area contributed by atoms with E-state index in [9.17, 15) is 9.90 Å². The number of aromatic carboxylic acids is 1. The summed E-state index contributed by atoms with van der Waals surface area (Å²) in [4.78, 5) is 15.2. The quantitative estimate of drug-likeness (QED) is 0.625. The van der Waals surface area contributed by atoms with Crippen LogP contribution in [0.15, 0.2) is 55.1 Å². The maximum Gasteiger partial charge on any atom is 0.337 e. The second-order valence-corrected chi connectivity index (χ2v) is 5.03. The van der Waals surface area contributed by atoms with Gasteiger partial charge in [0.15, 0.2) is 0 Å².